The predicted molar refractivity (Wildman–Crippen MR) is 108 cm³/mol. The van der Waals surface area contributed by atoms with Gasteiger partial charge in [0, 0.05) is 11.3 Å². The van der Waals surface area contributed by atoms with Gasteiger partial charge in [-0.1, -0.05) is 42.5 Å². The van der Waals surface area contributed by atoms with E-state index < -0.39 is 0 Å². The van der Waals surface area contributed by atoms with E-state index in [0.29, 0.717) is 12.3 Å². The lowest BCUT2D eigenvalue weighted by atomic mass is 9.96. The molecule has 1 aromatic heterocycles. The molecule has 0 unspecified atom stereocenters. The average molecular weight is 374 g/mol. The third-order valence-corrected chi connectivity index (χ3v) is 4.76. The minimum Gasteiger partial charge on any atom is -0.489 e. The zero-order valence-corrected chi connectivity index (χ0v) is 15.5. The van der Waals surface area contributed by atoms with Crippen LogP contribution in [-0.2, 0) is 19.4 Å². The maximum absolute atomic E-state index is 12.4. The smallest absolute Gasteiger partial charge is 0.292 e. The van der Waals surface area contributed by atoms with Crippen LogP contribution in [-0.4, -0.2) is 22.3 Å². The maximum Gasteiger partial charge on any atom is 0.292 e. The molecule has 1 aliphatic carbocycles. The number of rotatable bonds is 6. The van der Waals surface area contributed by atoms with Gasteiger partial charge in [-0.2, -0.15) is 10.2 Å². The highest BCUT2D eigenvalue weighted by atomic mass is 16.5. The van der Waals surface area contributed by atoms with Crippen LogP contribution < -0.4 is 10.2 Å². The minimum absolute atomic E-state index is 0.285. The van der Waals surface area contributed by atoms with Crippen LogP contribution in [0.2, 0.25) is 0 Å². The van der Waals surface area contributed by atoms with Crippen molar-refractivity contribution in [3.63, 3.8) is 0 Å². The summed E-state index contributed by atoms with van der Waals surface area (Å²) in [5.41, 5.74) is 7.07. The summed E-state index contributed by atoms with van der Waals surface area (Å²) in [6, 6.07) is 17.6. The van der Waals surface area contributed by atoms with Gasteiger partial charge in [-0.3, -0.25) is 9.89 Å². The van der Waals surface area contributed by atoms with Gasteiger partial charge in [-0.15, -0.1) is 0 Å². The Bertz CT molecular complexity index is 979. The standard InChI is InChI=1S/C22H22N4O2/c27-22(21-19-11-4-5-12-20(19)24-25-21)26-23-14-17-9-6-10-18(13-17)28-15-16-7-2-1-3-8-16/h1-3,6-10,13-14H,4-5,11-12,15H2,(H,24,25)(H,26,27). The molecule has 4 rings (SSSR count). The van der Waals surface area contributed by atoms with Crippen molar-refractivity contribution >= 4 is 12.1 Å². The number of carbonyl (C=O) groups excluding carboxylic acids is 1. The van der Waals surface area contributed by atoms with Gasteiger partial charge < -0.3 is 4.74 Å². The number of nitrogens with one attached hydrogen (secondary N) is 2. The summed E-state index contributed by atoms with van der Waals surface area (Å²) in [7, 11) is 0. The Morgan fingerprint density at radius 3 is 2.89 bits per heavy atom. The molecule has 0 fully saturated rings. The molecule has 0 atom stereocenters. The number of hydrogen-bond acceptors (Lipinski definition) is 4. The molecule has 2 aromatic carbocycles. The summed E-state index contributed by atoms with van der Waals surface area (Å²) in [4.78, 5) is 12.4. The monoisotopic (exact) mass is 374 g/mol. The van der Waals surface area contributed by atoms with Crippen molar-refractivity contribution in [2.24, 2.45) is 5.10 Å². The first-order chi connectivity index (χ1) is 13.8. The van der Waals surface area contributed by atoms with Gasteiger partial charge in [0.1, 0.15) is 12.4 Å². The number of hydrogen-bond donors (Lipinski definition) is 2. The summed E-state index contributed by atoms with van der Waals surface area (Å²) in [6.07, 6.45) is 5.67. The molecule has 0 bridgehead atoms. The van der Waals surface area contributed by atoms with Gasteiger partial charge in [0.05, 0.1) is 6.21 Å². The van der Waals surface area contributed by atoms with E-state index in [-0.39, 0.29) is 5.91 Å². The summed E-state index contributed by atoms with van der Waals surface area (Å²) in [5.74, 6) is 0.465. The molecule has 142 valence electrons. The second-order valence-corrected chi connectivity index (χ2v) is 6.78. The Balaban J connectivity index is 1.35. The largest absolute Gasteiger partial charge is 0.489 e. The highest BCUT2D eigenvalue weighted by Crippen LogP contribution is 2.22. The first kappa shape index (κ1) is 18.0. The maximum atomic E-state index is 12.4. The third-order valence-electron chi connectivity index (χ3n) is 4.76. The third kappa shape index (κ3) is 4.28. The van der Waals surface area contributed by atoms with Crippen molar-refractivity contribution in [1.82, 2.24) is 15.6 Å². The first-order valence-corrected chi connectivity index (χ1v) is 9.46. The Hall–Kier alpha value is -3.41. The number of hydrazone groups is 1. The topological polar surface area (TPSA) is 79.4 Å². The molecule has 1 amide bonds. The van der Waals surface area contributed by atoms with E-state index in [2.05, 4.69) is 20.7 Å². The van der Waals surface area contributed by atoms with E-state index in [1.54, 1.807) is 6.21 Å². The summed E-state index contributed by atoms with van der Waals surface area (Å²) in [6.45, 7) is 0.502. The van der Waals surface area contributed by atoms with Crippen LogP contribution in [0.25, 0.3) is 0 Å². The second kappa shape index (κ2) is 8.52. The molecule has 6 nitrogen and oxygen atoms in total. The Morgan fingerprint density at radius 1 is 1.14 bits per heavy atom. The van der Waals surface area contributed by atoms with Gasteiger partial charge in [0.25, 0.3) is 5.91 Å². The Morgan fingerprint density at radius 2 is 2.00 bits per heavy atom. The number of nitrogens with zero attached hydrogens (tertiary/aromatic N) is 2. The van der Waals surface area contributed by atoms with E-state index in [9.17, 15) is 4.79 Å². The van der Waals surface area contributed by atoms with Crippen LogP contribution in [0, 0.1) is 0 Å². The predicted octanol–water partition coefficient (Wildman–Crippen LogP) is 3.63. The van der Waals surface area contributed by atoms with Crippen molar-refractivity contribution in [3.05, 3.63) is 82.7 Å². The number of benzene rings is 2. The van der Waals surface area contributed by atoms with Gasteiger partial charge >= 0.3 is 0 Å². The van der Waals surface area contributed by atoms with Crippen molar-refractivity contribution in [1.29, 1.82) is 0 Å². The van der Waals surface area contributed by atoms with Gasteiger partial charge in [0.15, 0.2) is 5.69 Å². The van der Waals surface area contributed by atoms with E-state index in [0.717, 1.165) is 53.8 Å². The molecule has 0 radical (unpaired) electrons. The fourth-order valence-corrected chi connectivity index (χ4v) is 3.31. The number of fused-ring (bicyclic) bond motifs is 1. The molecule has 0 saturated carbocycles. The molecule has 2 N–H and O–H groups in total. The van der Waals surface area contributed by atoms with E-state index in [1.807, 2.05) is 54.6 Å². The number of carbonyl (C=O) groups is 1. The normalized spacial score (nSPS) is 13.3. The zero-order chi connectivity index (χ0) is 19.2. The van der Waals surface area contributed by atoms with Crippen LogP contribution in [0.4, 0.5) is 0 Å². The quantitative estimate of drug-likeness (QED) is 0.511. The average Bonchev–Trinajstić information content (AvgIpc) is 3.18. The van der Waals surface area contributed by atoms with Crippen LogP contribution in [0.5, 0.6) is 5.75 Å². The molecular weight excluding hydrogens is 352 g/mol. The van der Waals surface area contributed by atoms with Gasteiger partial charge in [-0.05, 0) is 48.9 Å². The zero-order valence-electron chi connectivity index (χ0n) is 15.5. The van der Waals surface area contributed by atoms with Crippen LogP contribution >= 0.6 is 0 Å². The lowest BCUT2D eigenvalue weighted by Gasteiger charge is -2.10. The van der Waals surface area contributed by atoms with Crippen molar-refractivity contribution in [3.8, 4) is 5.75 Å². The summed E-state index contributed by atoms with van der Waals surface area (Å²) in [5, 5.41) is 11.2. The fraction of sp³-hybridized carbons (Fsp3) is 0.227. The van der Waals surface area contributed by atoms with E-state index in [1.165, 1.54) is 0 Å². The van der Waals surface area contributed by atoms with Crippen molar-refractivity contribution in [2.45, 2.75) is 32.3 Å². The SMILES string of the molecule is O=C(NN=Cc1cccc(OCc2ccccc2)c1)c1n[nH]c2c1CCCC2. The van der Waals surface area contributed by atoms with E-state index >= 15 is 0 Å². The highest BCUT2D eigenvalue weighted by Gasteiger charge is 2.21. The molecule has 0 spiro atoms. The number of amides is 1. The number of aryl methyl sites for hydroxylation is 1. The van der Waals surface area contributed by atoms with Gasteiger partial charge in [0.2, 0.25) is 0 Å². The molecule has 1 heterocycles. The lowest BCUT2D eigenvalue weighted by molar-refractivity contribution is 0.0949. The molecule has 6 heteroatoms. The minimum atomic E-state index is -0.285. The molecule has 3 aromatic rings. The Kier molecular flexibility index (Phi) is 5.47. The number of ether oxygens (including phenoxy) is 1. The van der Waals surface area contributed by atoms with Crippen LogP contribution in [0.3, 0.4) is 0 Å². The van der Waals surface area contributed by atoms with Crippen LogP contribution in [0.1, 0.15) is 45.7 Å². The highest BCUT2D eigenvalue weighted by molar-refractivity contribution is 5.94. The van der Waals surface area contributed by atoms with Gasteiger partial charge in [-0.25, -0.2) is 5.43 Å². The molecular formula is C22H22N4O2. The molecule has 1 aliphatic rings. The molecule has 0 aliphatic heterocycles. The number of H-pyrrole nitrogens is 1. The molecule has 28 heavy (non-hydrogen) atoms. The van der Waals surface area contributed by atoms with Crippen molar-refractivity contribution < 1.29 is 9.53 Å². The van der Waals surface area contributed by atoms with E-state index in [4.69, 9.17) is 4.74 Å². The number of aromatic nitrogens is 2. The first-order valence-electron chi connectivity index (χ1n) is 9.46. The lowest BCUT2D eigenvalue weighted by Crippen LogP contribution is -2.20. The Labute approximate surface area is 163 Å². The summed E-state index contributed by atoms with van der Waals surface area (Å²) < 4.78 is 5.82. The van der Waals surface area contributed by atoms with Crippen molar-refractivity contribution in [2.75, 3.05) is 0 Å². The fourth-order valence-electron chi connectivity index (χ4n) is 3.31. The molecule has 0 saturated heterocycles. The second-order valence-electron chi connectivity index (χ2n) is 6.78. The van der Waals surface area contributed by atoms with Crippen LogP contribution in [0.15, 0.2) is 59.7 Å². The summed E-state index contributed by atoms with van der Waals surface area (Å²) >= 11 is 0. The number of aromatic amines is 1.